The maximum absolute atomic E-state index is 12.5. The van der Waals surface area contributed by atoms with Crippen LogP contribution in [0.1, 0.15) is 29.5 Å². The molecule has 0 saturated heterocycles. The van der Waals surface area contributed by atoms with E-state index < -0.39 is 0 Å². The molecular formula is C23H24N2O. The lowest BCUT2D eigenvalue weighted by Gasteiger charge is -2.26. The number of amides is 1. The van der Waals surface area contributed by atoms with Crippen molar-refractivity contribution >= 4 is 22.4 Å². The highest BCUT2D eigenvalue weighted by atomic mass is 16.2. The van der Waals surface area contributed by atoms with Gasteiger partial charge >= 0.3 is 0 Å². The van der Waals surface area contributed by atoms with Crippen molar-refractivity contribution in [3.8, 4) is 0 Å². The van der Waals surface area contributed by atoms with Crippen LogP contribution in [0.2, 0.25) is 0 Å². The first kappa shape index (κ1) is 16.6. The zero-order valence-corrected chi connectivity index (χ0v) is 15.2. The first-order chi connectivity index (χ1) is 12.7. The number of hydrogen-bond donors (Lipinski definition) is 1. The molecule has 0 saturated carbocycles. The van der Waals surface area contributed by atoms with Crippen molar-refractivity contribution in [2.75, 3.05) is 13.1 Å². The molecule has 1 aliphatic heterocycles. The lowest BCUT2D eigenvalue weighted by molar-refractivity contribution is -0.130. The maximum Gasteiger partial charge on any atom is 0.223 e. The Hall–Kier alpha value is -2.81. The number of nitrogens with one attached hydrogen (secondary N) is 1. The Bertz CT molecular complexity index is 953. The minimum Gasteiger partial charge on any atom is -0.361 e. The van der Waals surface area contributed by atoms with Gasteiger partial charge < -0.3 is 9.88 Å². The third kappa shape index (κ3) is 3.30. The van der Waals surface area contributed by atoms with Crippen LogP contribution in [0.25, 0.3) is 16.5 Å². The summed E-state index contributed by atoms with van der Waals surface area (Å²) in [5, 5.41) is 1.31. The zero-order valence-electron chi connectivity index (χ0n) is 15.2. The first-order valence-electron chi connectivity index (χ1n) is 9.30. The van der Waals surface area contributed by atoms with E-state index >= 15 is 0 Å². The van der Waals surface area contributed by atoms with Crippen LogP contribution in [0, 0.1) is 6.92 Å². The van der Waals surface area contributed by atoms with Gasteiger partial charge in [-0.1, -0.05) is 48.5 Å². The summed E-state index contributed by atoms with van der Waals surface area (Å²) < 4.78 is 0. The molecule has 3 heteroatoms. The topological polar surface area (TPSA) is 36.1 Å². The number of benzene rings is 2. The van der Waals surface area contributed by atoms with E-state index in [-0.39, 0.29) is 5.91 Å². The first-order valence-corrected chi connectivity index (χ1v) is 9.30. The highest BCUT2D eigenvalue weighted by molar-refractivity contribution is 5.95. The lowest BCUT2D eigenvalue weighted by atomic mass is 9.96. The maximum atomic E-state index is 12.5. The summed E-state index contributed by atoms with van der Waals surface area (Å²) in [5.74, 6) is 0.249. The van der Waals surface area contributed by atoms with E-state index in [0.29, 0.717) is 13.0 Å². The number of rotatable bonds is 4. The number of carbonyl (C=O) groups excluding carboxylic acids is 1. The average molecular weight is 344 g/mol. The van der Waals surface area contributed by atoms with Gasteiger partial charge in [0.1, 0.15) is 0 Å². The molecule has 0 radical (unpaired) electrons. The SMILES string of the molecule is Cc1cccc2[nH]cc(C3=CCN(C(=O)CCc4ccccc4)CC3)c12. The molecule has 132 valence electrons. The van der Waals surface area contributed by atoms with E-state index in [1.54, 1.807) is 0 Å². The van der Waals surface area contributed by atoms with Gasteiger partial charge in [-0.05, 0) is 42.5 Å². The molecule has 0 aliphatic carbocycles. The fourth-order valence-corrected chi connectivity index (χ4v) is 3.82. The quantitative estimate of drug-likeness (QED) is 0.730. The van der Waals surface area contributed by atoms with Crippen molar-refractivity contribution in [2.24, 2.45) is 0 Å². The summed E-state index contributed by atoms with van der Waals surface area (Å²) in [6.07, 6.45) is 6.64. The molecule has 0 fully saturated rings. The van der Waals surface area contributed by atoms with E-state index in [4.69, 9.17) is 0 Å². The average Bonchev–Trinajstić information content (AvgIpc) is 3.13. The molecule has 2 heterocycles. The summed E-state index contributed by atoms with van der Waals surface area (Å²) in [4.78, 5) is 17.9. The van der Waals surface area contributed by atoms with Gasteiger partial charge in [0.25, 0.3) is 0 Å². The van der Waals surface area contributed by atoms with Crippen LogP contribution in [0.4, 0.5) is 0 Å². The second kappa shape index (κ2) is 7.20. The molecule has 1 aromatic heterocycles. The minimum absolute atomic E-state index is 0.249. The third-order valence-corrected chi connectivity index (χ3v) is 5.29. The third-order valence-electron chi connectivity index (χ3n) is 5.29. The van der Waals surface area contributed by atoms with Crippen molar-refractivity contribution in [1.82, 2.24) is 9.88 Å². The fraction of sp³-hybridized carbons (Fsp3) is 0.261. The predicted octanol–water partition coefficient (Wildman–Crippen LogP) is 4.72. The van der Waals surface area contributed by atoms with E-state index in [1.165, 1.54) is 33.2 Å². The molecule has 4 rings (SSSR count). The largest absolute Gasteiger partial charge is 0.361 e. The number of hydrogen-bond acceptors (Lipinski definition) is 1. The summed E-state index contributed by atoms with van der Waals surface area (Å²) >= 11 is 0. The van der Waals surface area contributed by atoms with Crippen LogP contribution in [-0.2, 0) is 11.2 Å². The van der Waals surface area contributed by atoms with Gasteiger partial charge in [0.15, 0.2) is 0 Å². The van der Waals surface area contributed by atoms with Crippen molar-refractivity contribution in [2.45, 2.75) is 26.2 Å². The van der Waals surface area contributed by atoms with Crippen LogP contribution in [-0.4, -0.2) is 28.9 Å². The summed E-state index contributed by atoms with van der Waals surface area (Å²) in [5.41, 5.74) is 6.33. The molecule has 0 spiro atoms. The Labute approximate surface area is 154 Å². The van der Waals surface area contributed by atoms with Crippen molar-refractivity contribution in [3.05, 3.63) is 77.5 Å². The highest BCUT2D eigenvalue weighted by Crippen LogP contribution is 2.31. The second-order valence-corrected chi connectivity index (χ2v) is 7.00. The molecule has 0 bridgehead atoms. The molecule has 3 aromatic rings. The Balaban J connectivity index is 1.43. The van der Waals surface area contributed by atoms with Gasteiger partial charge in [-0.15, -0.1) is 0 Å². The molecule has 0 atom stereocenters. The van der Waals surface area contributed by atoms with Crippen molar-refractivity contribution < 1.29 is 4.79 Å². The standard InChI is InChI=1S/C23H24N2O/c1-17-6-5-9-21-23(17)20(16-24-21)19-12-14-25(15-13-19)22(26)11-10-18-7-3-2-4-8-18/h2-9,12,16,24H,10-11,13-15H2,1H3. The van der Waals surface area contributed by atoms with Crippen LogP contribution in [0.5, 0.6) is 0 Å². The van der Waals surface area contributed by atoms with Crippen LogP contribution in [0.15, 0.2) is 60.8 Å². The van der Waals surface area contributed by atoms with Gasteiger partial charge in [0.2, 0.25) is 5.91 Å². The minimum atomic E-state index is 0.249. The molecule has 0 unspecified atom stereocenters. The van der Waals surface area contributed by atoms with Crippen molar-refractivity contribution in [1.29, 1.82) is 0 Å². The monoisotopic (exact) mass is 344 g/mol. The van der Waals surface area contributed by atoms with Gasteiger partial charge in [-0.2, -0.15) is 0 Å². The molecule has 1 aliphatic rings. The fourth-order valence-electron chi connectivity index (χ4n) is 3.82. The number of carbonyl (C=O) groups is 1. The number of aryl methyl sites for hydroxylation is 2. The molecule has 1 N–H and O–H groups in total. The van der Waals surface area contributed by atoms with E-state index in [2.05, 4.69) is 54.5 Å². The Kier molecular flexibility index (Phi) is 4.61. The van der Waals surface area contributed by atoms with Crippen molar-refractivity contribution in [3.63, 3.8) is 0 Å². The van der Waals surface area contributed by atoms with Crippen LogP contribution in [0.3, 0.4) is 0 Å². The van der Waals surface area contributed by atoms with E-state index in [1.807, 2.05) is 23.1 Å². The smallest absolute Gasteiger partial charge is 0.223 e. The summed E-state index contributed by atoms with van der Waals surface area (Å²) in [6.45, 7) is 3.67. The Morgan fingerprint density at radius 1 is 1.12 bits per heavy atom. The number of aromatic amines is 1. The van der Waals surface area contributed by atoms with Gasteiger partial charge in [-0.3, -0.25) is 4.79 Å². The highest BCUT2D eigenvalue weighted by Gasteiger charge is 2.19. The number of aromatic nitrogens is 1. The number of H-pyrrole nitrogens is 1. The second-order valence-electron chi connectivity index (χ2n) is 7.00. The normalized spacial score (nSPS) is 14.5. The van der Waals surface area contributed by atoms with Gasteiger partial charge in [-0.25, -0.2) is 0 Å². The lowest BCUT2D eigenvalue weighted by Crippen LogP contribution is -2.34. The zero-order chi connectivity index (χ0) is 17.9. The van der Waals surface area contributed by atoms with E-state index in [0.717, 1.165) is 19.4 Å². The summed E-state index contributed by atoms with van der Waals surface area (Å²) in [7, 11) is 0. The molecule has 1 amide bonds. The van der Waals surface area contributed by atoms with E-state index in [9.17, 15) is 4.79 Å². The molecular weight excluding hydrogens is 320 g/mol. The number of nitrogens with zero attached hydrogens (tertiary/aromatic N) is 1. The van der Waals surface area contributed by atoms with Crippen LogP contribution >= 0.6 is 0 Å². The predicted molar refractivity (Wildman–Crippen MR) is 107 cm³/mol. The molecule has 3 nitrogen and oxygen atoms in total. The van der Waals surface area contributed by atoms with Gasteiger partial charge in [0.05, 0.1) is 0 Å². The molecule has 2 aromatic carbocycles. The Morgan fingerprint density at radius 2 is 1.96 bits per heavy atom. The molecule has 26 heavy (non-hydrogen) atoms. The van der Waals surface area contributed by atoms with Crippen LogP contribution < -0.4 is 0 Å². The number of fused-ring (bicyclic) bond motifs is 1. The van der Waals surface area contributed by atoms with Gasteiger partial charge in [0, 0.05) is 42.2 Å². The Morgan fingerprint density at radius 3 is 2.73 bits per heavy atom. The summed E-state index contributed by atoms with van der Waals surface area (Å²) in [6, 6.07) is 16.6.